The zero-order valence-corrected chi connectivity index (χ0v) is 13.9. The smallest absolute Gasteiger partial charge is 0.264 e. The molecule has 3 rings (SSSR count). The molecule has 0 aliphatic carbocycles. The Hall–Kier alpha value is -2.91. The molecule has 1 saturated heterocycles. The van der Waals surface area contributed by atoms with Crippen molar-refractivity contribution in [3.05, 3.63) is 53.5 Å². The lowest BCUT2D eigenvalue weighted by Gasteiger charge is -2.32. The molecule has 2 aromatic rings. The van der Waals surface area contributed by atoms with Crippen LogP contribution in [0.3, 0.4) is 0 Å². The van der Waals surface area contributed by atoms with Crippen LogP contribution in [0.1, 0.15) is 5.76 Å². The maximum Gasteiger partial charge on any atom is 0.264 e. The molecule has 1 aliphatic rings. The molecule has 0 unspecified atom stereocenters. The lowest BCUT2D eigenvalue weighted by atomic mass is 10.2. The van der Waals surface area contributed by atoms with E-state index in [4.69, 9.17) is 4.42 Å². The normalized spacial score (nSPS) is 15.9. The quantitative estimate of drug-likeness (QED) is 0.637. The van der Waals surface area contributed by atoms with Gasteiger partial charge in [-0.05, 0) is 43.4 Å². The third-order valence-corrected chi connectivity index (χ3v) is 4.18. The predicted molar refractivity (Wildman–Crippen MR) is 91.8 cm³/mol. The Balaban J connectivity index is 1.77. The number of benzene rings is 1. The highest BCUT2D eigenvalue weighted by Gasteiger charge is 2.22. The Morgan fingerprint density at radius 2 is 1.84 bits per heavy atom. The molecule has 1 aliphatic heterocycles. The Morgan fingerprint density at radius 3 is 2.48 bits per heavy atom. The first-order valence-corrected chi connectivity index (χ1v) is 8.02. The molecule has 6 heteroatoms. The van der Waals surface area contributed by atoms with Crippen LogP contribution in [-0.4, -0.2) is 48.9 Å². The molecule has 128 valence electrons. The minimum absolute atomic E-state index is 0.0459. The fourth-order valence-corrected chi connectivity index (χ4v) is 2.66. The van der Waals surface area contributed by atoms with E-state index >= 15 is 0 Å². The summed E-state index contributed by atoms with van der Waals surface area (Å²) in [4.78, 5) is 16.3. The molecule has 0 bridgehead atoms. The first-order chi connectivity index (χ1) is 12.1. The van der Waals surface area contributed by atoms with Crippen molar-refractivity contribution in [2.75, 3.05) is 33.2 Å². The molecule has 5 nitrogen and oxygen atoms in total. The van der Waals surface area contributed by atoms with E-state index in [-0.39, 0.29) is 17.3 Å². The summed E-state index contributed by atoms with van der Waals surface area (Å²) in [5, 5.41) is 9.34. The second kappa shape index (κ2) is 7.32. The highest BCUT2D eigenvalue weighted by atomic mass is 19.1. The van der Waals surface area contributed by atoms with Crippen molar-refractivity contribution >= 4 is 12.0 Å². The first-order valence-electron chi connectivity index (χ1n) is 8.02. The van der Waals surface area contributed by atoms with Crippen molar-refractivity contribution < 1.29 is 13.6 Å². The molecule has 2 heterocycles. The monoisotopic (exact) mass is 339 g/mol. The lowest BCUT2D eigenvalue weighted by molar-refractivity contribution is -0.128. The standard InChI is InChI=1S/C19H18FN3O2/c1-22-8-10-23(11-9-22)19(24)15(13-21)12-17-6-7-18(25-17)14-2-4-16(20)5-3-14/h2-7,12H,8-11H2,1H3. The van der Waals surface area contributed by atoms with Gasteiger partial charge in [0.05, 0.1) is 0 Å². The van der Waals surface area contributed by atoms with Gasteiger partial charge in [-0.2, -0.15) is 5.26 Å². The van der Waals surface area contributed by atoms with E-state index in [1.54, 1.807) is 29.2 Å². The van der Waals surface area contributed by atoms with Gasteiger partial charge in [0.1, 0.15) is 29.0 Å². The van der Waals surface area contributed by atoms with Crippen LogP contribution in [0.25, 0.3) is 17.4 Å². The van der Waals surface area contributed by atoms with Crippen LogP contribution >= 0.6 is 0 Å². The number of amides is 1. The topological polar surface area (TPSA) is 60.5 Å². The van der Waals surface area contributed by atoms with Gasteiger partial charge in [0.2, 0.25) is 0 Å². The maximum atomic E-state index is 13.0. The van der Waals surface area contributed by atoms with E-state index in [2.05, 4.69) is 4.90 Å². The van der Waals surface area contributed by atoms with Gasteiger partial charge in [-0.15, -0.1) is 0 Å². The fourth-order valence-electron chi connectivity index (χ4n) is 2.66. The number of carbonyl (C=O) groups is 1. The van der Waals surface area contributed by atoms with Crippen LogP contribution in [0.4, 0.5) is 4.39 Å². The molecule has 1 aromatic carbocycles. The molecule has 1 fully saturated rings. The van der Waals surface area contributed by atoms with Crippen LogP contribution in [-0.2, 0) is 4.79 Å². The highest BCUT2D eigenvalue weighted by Crippen LogP contribution is 2.24. The fraction of sp³-hybridized carbons (Fsp3) is 0.263. The Kier molecular flexibility index (Phi) is 4.96. The number of carbonyl (C=O) groups excluding carboxylic acids is 1. The number of halogens is 1. The van der Waals surface area contributed by atoms with Crippen molar-refractivity contribution in [1.82, 2.24) is 9.80 Å². The van der Waals surface area contributed by atoms with Crippen LogP contribution in [0, 0.1) is 17.1 Å². The maximum absolute atomic E-state index is 13.0. The van der Waals surface area contributed by atoms with Gasteiger partial charge in [-0.3, -0.25) is 4.79 Å². The first kappa shape index (κ1) is 16.9. The molecule has 0 radical (unpaired) electrons. The summed E-state index contributed by atoms with van der Waals surface area (Å²) < 4.78 is 18.7. The predicted octanol–water partition coefficient (Wildman–Crippen LogP) is 2.77. The molecular formula is C19H18FN3O2. The molecule has 0 N–H and O–H groups in total. The Labute approximate surface area is 145 Å². The molecule has 0 atom stereocenters. The molecule has 1 aromatic heterocycles. The molecule has 0 saturated carbocycles. The van der Waals surface area contributed by atoms with E-state index < -0.39 is 0 Å². The largest absolute Gasteiger partial charge is 0.457 e. The summed E-state index contributed by atoms with van der Waals surface area (Å²) in [6.45, 7) is 2.79. The van der Waals surface area contributed by atoms with Crippen molar-refractivity contribution in [1.29, 1.82) is 5.26 Å². The van der Waals surface area contributed by atoms with Crippen LogP contribution in [0.15, 0.2) is 46.4 Å². The van der Waals surface area contributed by atoms with Gasteiger partial charge in [-0.1, -0.05) is 0 Å². The van der Waals surface area contributed by atoms with E-state index in [0.29, 0.717) is 24.6 Å². The summed E-state index contributed by atoms with van der Waals surface area (Å²) in [5.41, 5.74) is 0.773. The number of piperazine rings is 1. The number of rotatable bonds is 3. The number of hydrogen-bond acceptors (Lipinski definition) is 4. The van der Waals surface area contributed by atoms with Gasteiger partial charge in [-0.25, -0.2) is 4.39 Å². The average Bonchev–Trinajstić information content (AvgIpc) is 3.09. The third kappa shape index (κ3) is 3.95. The number of hydrogen-bond donors (Lipinski definition) is 0. The summed E-state index contributed by atoms with van der Waals surface area (Å²) in [5.74, 6) is 0.365. The van der Waals surface area contributed by atoms with Gasteiger partial charge < -0.3 is 14.2 Å². The average molecular weight is 339 g/mol. The van der Waals surface area contributed by atoms with Gasteiger partial charge in [0, 0.05) is 37.8 Å². The molecule has 25 heavy (non-hydrogen) atoms. The number of nitrogens with zero attached hydrogens (tertiary/aromatic N) is 3. The number of likely N-dealkylation sites (N-methyl/N-ethyl adjacent to an activating group) is 1. The number of furan rings is 1. The summed E-state index contributed by atoms with van der Waals surface area (Å²) in [6.07, 6.45) is 1.45. The Bertz CT molecular complexity index is 825. The van der Waals surface area contributed by atoms with Crippen molar-refractivity contribution in [3.63, 3.8) is 0 Å². The van der Waals surface area contributed by atoms with E-state index in [1.165, 1.54) is 18.2 Å². The van der Waals surface area contributed by atoms with Gasteiger partial charge in [0.25, 0.3) is 5.91 Å². The molecule has 0 spiro atoms. The summed E-state index contributed by atoms with van der Waals surface area (Å²) in [6, 6.07) is 11.3. The highest BCUT2D eigenvalue weighted by molar-refractivity contribution is 6.01. The van der Waals surface area contributed by atoms with Crippen molar-refractivity contribution in [2.45, 2.75) is 0 Å². The van der Waals surface area contributed by atoms with E-state index in [9.17, 15) is 14.4 Å². The molecular weight excluding hydrogens is 321 g/mol. The van der Waals surface area contributed by atoms with Crippen molar-refractivity contribution in [3.8, 4) is 17.4 Å². The third-order valence-electron chi connectivity index (χ3n) is 4.18. The summed E-state index contributed by atoms with van der Waals surface area (Å²) >= 11 is 0. The van der Waals surface area contributed by atoms with E-state index in [1.807, 2.05) is 13.1 Å². The second-order valence-electron chi connectivity index (χ2n) is 5.97. The summed E-state index contributed by atoms with van der Waals surface area (Å²) in [7, 11) is 2.00. The zero-order valence-electron chi connectivity index (χ0n) is 13.9. The van der Waals surface area contributed by atoms with Gasteiger partial charge in [0.15, 0.2) is 0 Å². The van der Waals surface area contributed by atoms with Gasteiger partial charge >= 0.3 is 0 Å². The SMILES string of the molecule is CN1CCN(C(=O)C(C#N)=Cc2ccc(-c3ccc(F)cc3)o2)CC1. The minimum atomic E-state index is -0.319. The van der Waals surface area contributed by atoms with Crippen LogP contribution < -0.4 is 0 Å². The number of nitriles is 1. The van der Waals surface area contributed by atoms with Crippen LogP contribution in [0.5, 0.6) is 0 Å². The molecule has 1 amide bonds. The lowest BCUT2D eigenvalue weighted by Crippen LogP contribution is -2.47. The second-order valence-corrected chi connectivity index (χ2v) is 5.97. The zero-order chi connectivity index (χ0) is 17.8. The van der Waals surface area contributed by atoms with Crippen molar-refractivity contribution in [2.24, 2.45) is 0 Å². The Morgan fingerprint density at radius 1 is 1.16 bits per heavy atom. The van der Waals surface area contributed by atoms with E-state index in [0.717, 1.165) is 18.7 Å². The minimum Gasteiger partial charge on any atom is -0.457 e. The van der Waals surface area contributed by atoms with Crippen LogP contribution in [0.2, 0.25) is 0 Å².